The summed E-state index contributed by atoms with van der Waals surface area (Å²) in [4.78, 5) is 83.1. The van der Waals surface area contributed by atoms with Gasteiger partial charge in [-0.3, -0.25) is 28.9 Å². The maximum Gasteiger partial charge on any atom is 0.490 e. The Morgan fingerprint density at radius 3 is 2.20 bits per heavy atom. The number of ether oxygens (including phenoxy) is 1. The van der Waals surface area contributed by atoms with Gasteiger partial charge in [0.2, 0.25) is 17.7 Å². The standard InChI is InChI=1S/C41H58N6O6.C2HF3O2/c1-26(2)21-33(44-39(50)29-17-19-46(4)20-18-29)41(52)45-34(22-28-11-7-6-8-12-28)40(51)43-27(3)15-16-37(48)47-35(36(53-5)24-38(47)49)23-30-25-42-32-14-10-9-13-31(30)32;3-2(4,5)1(6)7/h9-10,13-16,24-29,33-35,42H,6-8,11-12,17-23H2,1-5H3,(H,43,51)(H,44,50)(H,45,52);(H,6,7)/b16-15+;/t27-,33-,34-,35-;/m0./s1. The predicted molar refractivity (Wildman–Crippen MR) is 218 cm³/mol. The van der Waals surface area contributed by atoms with Crippen molar-refractivity contribution in [3.63, 3.8) is 0 Å². The van der Waals surface area contributed by atoms with Gasteiger partial charge in [0, 0.05) is 47.6 Å². The lowest BCUT2D eigenvalue weighted by atomic mass is 9.84. The number of fused-ring (bicyclic) bond motifs is 1. The van der Waals surface area contributed by atoms with Crippen LogP contribution in [-0.4, -0.2) is 113 Å². The molecule has 1 saturated heterocycles. The Hall–Kier alpha value is -5.19. The van der Waals surface area contributed by atoms with Gasteiger partial charge in [0.1, 0.15) is 23.9 Å². The zero-order valence-electron chi connectivity index (χ0n) is 35.0. The summed E-state index contributed by atoms with van der Waals surface area (Å²) in [7, 11) is 3.53. The minimum atomic E-state index is -5.08. The molecule has 5 rings (SSSR count). The van der Waals surface area contributed by atoms with E-state index in [1.54, 1.807) is 13.0 Å². The number of carboxylic acids is 1. The fraction of sp³-hybridized carbons (Fsp3) is 0.581. The molecule has 3 heterocycles. The van der Waals surface area contributed by atoms with Crippen LogP contribution in [0.4, 0.5) is 13.2 Å². The van der Waals surface area contributed by atoms with E-state index in [1.807, 2.05) is 51.4 Å². The summed E-state index contributed by atoms with van der Waals surface area (Å²) in [6, 6.07) is 5.09. The molecule has 4 atom stereocenters. The lowest BCUT2D eigenvalue weighted by molar-refractivity contribution is -0.192. The van der Waals surface area contributed by atoms with Crippen molar-refractivity contribution in [2.24, 2.45) is 17.8 Å². The largest absolute Gasteiger partial charge is 0.499 e. The number of methoxy groups -OCH3 is 1. The third-order valence-corrected chi connectivity index (χ3v) is 11.2. The van der Waals surface area contributed by atoms with E-state index < -0.39 is 48.1 Å². The van der Waals surface area contributed by atoms with Gasteiger partial charge in [-0.15, -0.1) is 0 Å². The summed E-state index contributed by atoms with van der Waals surface area (Å²) in [5, 5.41) is 17.1. The van der Waals surface area contributed by atoms with Crippen LogP contribution in [-0.2, 0) is 39.9 Å². The van der Waals surface area contributed by atoms with E-state index in [2.05, 4.69) is 25.8 Å². The minimum Gasteiger partial charge on any atom is -0.499 e. The molecule has 0 unspecified atom stereocenters. The first kappa shape index (κ1) is 47.5. The first-order chi connectivity index (χ1) is 28.4. The number of carboxylic acid groups (broad SMARTS) is 1. The number of piperidine rings is 1. The molecule has 2 aliphatic heterocycles. The molecule has 3 aliphatic rings. The molecule has 60 heavy (non-hydrogen) atoms. The number of hydrogen-bond donors (Lipinski definition) is 5. The van der Waals surface area contributed by atoms with Gasteiger partial charge >= 0.3 is 12.1 Å². The number of likely N-dealkylation sites (tertiary alicyclic amines) is 1. The monoisotopic (exact) mass is 844 g/mol. The Labute approximate surface area is 348 Å². The van der Waals surface area contributed by atoms with Gasteiger partial charge < -0.3 is 35.7 Å². The fourth-order valence-corrected chi connectivity index (χ4v) is 7.93. The minimum absolute atomic E-state index is 0.108. The molecule has 17 heteroatoms. The maximum absolute atomic E-state index is 13.9. The van der Waals surface area contributed by atoms with Crippen LogP contribution in [0.3, 0.4) is 0 Å². The van der Waals surface area contributed by atoms with Gasteiger partial charge in [0.05, 0.1) is 7.11 Å². The van der Waals surface area contributed by atoms with Crippen molar-refractivity contribution in [1.29, 1.82) is 0 Å². The van der Waals surface area contributed by atoms with Crippen molar-refractivity contribution >= 4 is 46.4 Å². The summed E-state index contributed by atoms with van der Waals surface area (Å²) in [6.07, 6.45) is 9.17. The number of carbonyl (C=O) groups excluding carboxylic acids is 5. The van der Waals surface area contributed by atoms with Crippen molar-refractivity contribution in [3.8, 4) is 0 Å². The third-order valence-electron chi connectivity index (χ3n) is 11.2. The Morgan fingerprint density at radius 1 is 0.950 bits per heavy atom. The maximum atomic E-state index is 13.9. The molecule has 0 radical (unpaired) electrons. The van der Waals surface area contributed by atoms with Gasteiger partial charge in [0.25, 0.3) is 11.8 Å². The highest BCUT2D eigenvalue weighted by molar-refractivity contribution is 6.08. The molecule has 1 saturated carbocycles. The number of alkyl halides is 3. The number of H-pyrrole nitrogens is 1. The average Bonchev–Trinajstić information content (AvgIpc) is 3.76. The number of benzene rings is 1. The van der Waals surface area contributed by atoms with E-state index in [1.165, 1.54) is 30.6 Å². The van der Waals surface area contributed by atoms with Crippen molar-refractivity contribution < 1.29 is 51.8 Å². The number of hydrogen-bond acceptors (Lipinski definition) is 8. The molecule has 2 aromatic rings. The number of aliphatic carboxylic acids is 1. The molecule has 14 nitrogen and oxygen atoms in total. The van der Waals surface area contributed by atoms with E-state index in [4.69, 9.17) is 14.6 Å². The lowest BCUT2D eigenvalue weighted by Crippen LogP contribution is -2.56. The first-order valence-electron chi connectivity index (χ1n) is 20.6. The summed E-state index contributed by atoms with van der Waals surface area (Å²) < 4.78 is 37.3. The van der Waals surface area contributed by atoms with Crippen LogP contribution < -0.4 is 16.0 Å². The van der Waals surface area contributed by atoms with Gasteiger partial charge in [-0.25, -0.2) is 4.79 Å². The summed E-state index contributed by atoms with van der Waals surface area (Å²) in [5.74, 6) is -3.85. The van der Waals surface area contributed by atoms with Crippen LogP contribution in [0.25, 0.3) is 10.9 Å². The molecule has 0 spiro atoms. The molecule has 1 aliphatic carbocycles. The van der Waals surface area contributed by atoms with Gasteiger partial charge in [-0.2, -0.15) is 13.2 Å². The summed E-state index contributed by atoms with van der Waals surface area (Å²) in [5.41, 5.74) is 1.91. The summed E-state index contributed by atoms with van der Waals surface area (Å²) in [6.45, 7) is 7.45. The quantitative estimate of drug-likeness (QED) is 0.154. The molecule has 2 fully saturated rings. The molecule has 330 valence electrons. The number of amides is 5. The second kappa shape index (κ2) is 21.9. The van der Waals surface area contributed by atoms with E-state index in [0.717, 1.165) is 68.1 Å². The van der Waals surface area contributed by atoms with Crippen LogP contribution in [0.15, 0.2) is 54.4 Å². The van der Waals surface area contributed by atoms with Crippen molar-refractivity contribution in [2.75, 3.05) is 27.2 Å². The Bertz CT molecular complexity index is 1880. The number of rotatable bonds is 15. The molecule has 0 bridgehead atoms. The highest BCUT2D eigenvalue weighted by atomic mass is 19.4. The van der Waals surface area contributed by atoms with E-state index >= 15 is 0 Å². The molecular formula is C43H59F3N6O8. The molecule has 1 aromatic carbocycles. The van der Waals surface area contributed by atoms with Crippen LogP contribution >= 0.6 is 0 Å². The highest BCUT2D eigenvalue weighted by Gasteiger charge is 2.39. The van der Waals surface area contributed by atoms with Crippen LogP contribution in [0.5, 0.6) is 0 Å². The van der Waals surface area contributed by atoms with Gasteiger partial charge in [-0.1, -0.05) is 70.2 Å². The number of halogens is 3. The predicted octanol–water partition coefficient (Wildman–Crippen LogP) is 5.00. The number of nitrogens with one attached hydrogen (secondary N) is 4. The van der Waals surface area contributed by atoms with Gasteiger partial charge in [0.15, 0.2) is 0 Å². The molecule has 5 amide bonds. The Kier molecular flexibility index (Phi) is 17.3. The van der Waals surface area contributed by atoms with E-state index in [9.17, 15) is 37.1 Å². The molecular weight excluding hydrogens is 786 g/mol. The summed E-state index contributed by atoms with van der Waals surface area (Å²) >= 11 is 0. The zero-order valence-corrected chi connectivity index (χ0v) is 35.0. The SMILES string of the molecule is COC1=CC(=O)N(C(=O)/C=C/[C@H](C)NC(=O)[C@H](CC2CCCCC2)NC(=O)[C@H](CC(C)C)NC(=O)C2CCN(C)CC2)[C@H]1Cc1c[nH]c2ccccc12.O=C(O)C(F)(F)F. The van der Waals surface area contributed by atoms with Crippen molar-refractivity contribution in [3.05, 3.63) is 60.0 Å². The van der Waals surface area contributed by atoms with Crippen molar-refractivity contribution in [1.82, 2.24) is 30.7 Å². The lowest BCUT2D eigenvalue weighted by Gasteiger charge is -2.31. The number of aromatic amines is 1. The second-order valence-electron chi connectivity index (χ2n) is 16.4. The van der Waals surface area contributed by atoms with Crippen LogP contribution in [0, 0.1) is 17.8 Å². The number of aromatic nitrogens is 1. The smallest absolute Gasteiger partial charge is 0.490 e. The van der Waals surface area contributed by atoms with E-state index in [0.29, 0.717) is 30.9 Å². The topological polar surface area (TPSA) is 190 Å². The van der Waals surface area contributed by atoms with E-state index in [-0.39, 0.29) is 29.6 Å². The first-order valence-corrected chi connectivity index (χ1v) is 20.6. The third kappa shape index (κ3) is 13.7. The number of imide groups is 1. The zero-order chi connectivity index (χ0) is 44.1. The van der Waals surface area contributed by atoms with Crippen molar-refractivity contribution in [2.45, 2.75) is 115 Å². The highest BCUT2D eigenvalue weighted by Crippen LogP contribution is 2.29. The number of carbonyl (C=O) groups is 6. The van der Waals surface area contributed by atoms with Crippen LogP contribution in [0.2, 0.25) is 0 Å². The average molecular weight is 845 g/mol. The molecule has 1 aromatic heterocycles. The molecule has 5 N–H and O–H groups in total. The van der Waals surface area contributed by atoms with Gasteiger partial charge in [-0.05, 0) is 76.2 Å². The Morgan fingerprint density at radius 2 is 1.58 bits per heavy atom. The normalized spacial score (nSPS) is 19.6. The second-order valence-corrected chi connectivity index (χ2v) is 16.4. The Balaban J connectivity index is 0.00000104. The van der Waals surface area contributed by atoms with Crippen LogP contribution in [0.1, 0.15) is 84.1 Å². The number of para-hydroxylation sites is 1. The number of nitrogens with zero attached hydrogens (tertiary/aromatic N) is 2. The fourth-order valence-electron chi connectivity index (χ4n) is 7.93.